The van der Waals surface area contributed by atoms with Crippen molar-refractivity contribution >= 4 is 18.0 Å². The number of nitrogens with two attached hydrogens (primary N) is 1. The summed E-state index contributed by atoms with van der Waals surface area (Å²) in [6.45, 7) is 2.70. The van der Waals surface area contributed by atoms with E-state index in [0.29, 0.717) is 23.7 Å². The van der Waals surface area contributed by atoms with Gasteiger partial charge in [0.05, 0.1) is 19.9 Å². The van der Waals surface area contributed by atoms with Crippen LogP contribution in [-0.2, 0) is 9.59 Å². The third kappa shape index (κ3) is 5.52. The normalized spacial score (nSPS) is 10.4. The van der Waals surface area contributed by atoms with E-state index in [1.807, 2.05) is 5.43 Å². The number of hydrazone groups is 1. The van der Waals surface area contributed by atoms with E-state index in [4.69, 9.17) is 15.2 Å². The lowest BCUT2D eigenvalue weighted by molar-refractivity contribution is -0.137. The van der Waals surface area contributed by atoms with Gasteiger partial charge in [0.1, 0.15) is 0 Å². The first-order chi connectivity index (χ1) is 10.1. The first-order valence-electron chi connectivity index (χ1n) is 6.52. The van der Waals surface area contributed by atoms with Crippen LogP contribution in [0.25, 0.3) is 0 Å². The summed E-state index contributed by atoms with van der Waals surface area (Å²) in [5.41, 5.74) is 7.47. The van der Waals surface area contributed by atoms with E-state index < -0.39 is 11.8 Å². The molecule has 2 amide bonds. The fourth-order valence-electron chi connectivity index (χ4n) is 1.43. The van der Waals surface area contributed by atoms with Gasteiger partial charge in [-0.3, -0.25) is 9.59 Å². The summed E-state index contributed by atoms with van der Waals surface area (Å²) >= 11 is 0. The van der Waals surface area contributed by atoms with Gasteiger partial charge in [-0.1, -0.05) is 13.3 Å². The lowest BCUT2D eigenvalue weighted by Crippen LogP contribution is -2.32. The number of amides is 2. The topological polar surface area (TPSA) is 103 Å². The number of unbranched alkanes of at least 4 members (excludes halogenated alkanes) is 1. The number of hydrogen-bond donors (Lipinski definition) is 2. The molecule has 7 heteroatoms. The molecule has 21 heavy (non-hydrogen) atoms. The highest BCUT2D eigenvalue weighted by atomic mass is 16.5. The lowest BCUT2D eigenvalue weighted by atomic mass is 10.2. The van der Waals surface area contributed by atoms with E-state index in [2.05, 4.69) is 12.0 Å². The number of ether oxygens (including phenoxy) is 2. The number of methoxy groups -OCH3 is 1. The van der Waals surface area contributed by atoms with E-state index in [0.717, 1.165) is 12.8 Å². The molecule has 114 valence electrons. The van der Waals surface area contributed by atoms with Crippen molar-refractivity contribution in [2.45, 2.75) is 19.8 Å². The molecule has 1 rings (SSSR count). The number of benzene rings is 1. The van der Waals surface area contributed by atoms with Gasteiger partial charge in [0, 0.05) is 0 Å². The minimum absolute atomic E-state index is 0.566. The van der Waals surface area contributed by atoms with Gasteiger partial charge >= 0.3 is 11.8 Å². The number of rotatable bonds is 7. The van der Waals surface area contributed by atoms with Crippen LogP contribution in [0.3, 0.4) is 0 Å². The molecule has 0 fully saturated rings. The molecule has 1 aromatic carbocycles. The fraction of sp³-hybridized carbons (Fsp3) is 0.357. The molecule has 7 nitrogen and oxygen atoms in total. The van der Waals surface area contributed by atoms with Crippen molar-refractivity contribution in [3.8, 4) is 11.5 Å². The SMILES string of the molecule is CCCCOc1ccc(/C=N\NC(=O)C(N)=O)cc1OC. The van der Waals surface area contributed by atoms with E-state index in [9.17, 15) is 9.59 Å². The maximum absolute atomic E-state index is 10.9. The van der Waals surface area contributed by atoms with Crippen molar-refractivity contribution in [1.82, 2.24) is 5.43 Å². The van der Waals surface area contributed by atoms with Gasteiger partial charge in [0.15, 0.2) is 11.5 Å². The molecule has 0 bridgehead atoms. The standard InChI is InChI=1S/C14H19N3O4/c1-3-4-7-21-11-6-5-10(8-12(11)20-2)9-16-17-14(19)13(15)18/h5-6,8-9H,3-4,7H2,1-2H3,(H2,15,18)(H,17,19)/b16-9-. The predicted octanol–water partition coefficient (Wildman–Crippen LogP) is 0.809. The number of nitrogens with zero attached hydrogens (tertiary/aromatic N) is 1. The van der Waals surface area contributed by atoms with Gasteiger partial charge in [0.2, 0.25) is 0 Å². The van der Waals surface area contributed by atoms with Gasteiger partial charge < -0.3 is 15.2 Å². The highest BCUT2D eigenvalue weighted by molar-refractivity contribution is 6.34. The smallest absolute Gasteiger partial charge is 0.329 e. The quantitative estimate of drug-likeness (QED) is 0.336. The number of nitrogens with one attached hydrogen (secondary N) is 1. The van der Waals surface area contributed by atoms with Crippen LogP contribution in [0.15, 0.2) is 23.3 Å². The second kappa shape index (κ2) is 8.57. The van der Waals surface area contributed by atoms with Gasteiger partial charge in [-0.15, -0.1) is 0 Å². The van der Waals surface area contributed by atoms with Crippen molar-refractivity contribution in [1.29, 1.82) is 0 Å². The summed E-state index contributed by atoms with van der Waals surface area (Å²) in [6.07, 6.45) is 3.39. The Morgan fingerprint density at radius 2 is 2.14 bits per heavy atom. The van der Waals surface area contributed by atoms with Gasteiger partial charge in [0.25, 0.3) is 0 Å². The Kier molecular flexibility index (Phi) is 6.73. The number of carbonyl (C=O) groups excluding carboxylic acids is 2. The third-order valence-electron chi connectivity index (χ3n) is 2.55. The van der Waals surface area contributed by atoms with Crippen molar-refractivity contribution in [2.24, 2.45) is 10.8 Å². The highest BCUT2D eigenvalue weighted by Crippen LogP contribution is 2.27. The zero-order valence-corrected chi connectivity index (χ0v) is 12.1. The Morgan fingerprint density at radius 3 is 2.76 bits per heavy atom. The van der Waals surface area contributed by atoms with Crippen LogP contribution in [0.5, 0.6) is 11.5 Å². The summed E-state index contributed by atoms with van der Waals surface area (Å²) in [6, 6.07) is 5.22. The van der Waals surface area contributed by atoms with Crippen LogP contribution in [0.1, 0.15) is 25.3 Å². The first-order valence-corrected chi connectivity index (χ1v) is 6.52. The molecule has 0 saturated heterocycles. The molecular weight excluding hydrogens is 274 g/mol. The summed E-state index contributed by atoms with van der Waals surface area (Å²) < 4.78 is 10.8. The molecule has 0 heterocycles. The molecule has 0 radical (unpaired) electrons. The van der Waals surface area contributed by atoms with Crippen molar-refractivity contribution < 1.29 is 19.1 Å². The largest absolute Gasteiger partial charge is 0.493 e. The van der Waals surface area contributed by atoms with E-state index in [1.165, 1.54) is 13.3 Å². The Labute approximate surface area is 123 Å². The molecule has 0 aliphatic heterocycles. The van der Waals surface area contributed by atoms with E-state index >= 15 is 0 Å². The average Bonchev–Trinajstić information content (AvgIpc) is 2.48. The van der Waals surface area contributed by atoms with Crippen LogP contribution >= 0.6 is 0 Å². The van der Waals surface area contributed by atoms with Gasteiger partial charge in [-0.2, -0.15) is 5.10 Å². The van der Waals surface area contributed by atoms with Crippen LogP contribution in [-0.4, -0.2) is 31.7 Å². The molecule has 3 N–H and O–H groups in total. The third-order valence-corrected chi connectivity index (χ3v) is 2.55. The summed E-state index contributed by atoms with van der Waals surface area (Å²) in [4.78, 5) is 21.4. The Balaban J connectivity index is 2.70. The van der Waals surface area contributed by atoms with E-state index in [1.54, 1.807) is 18.2 Å². The molecule has 0 aliphatic carbocycles. The fourth-order valence-corrected chi connectivity index (χ4v) is 1.43. The summed E-state index contributed by atoms with van der Waals surface area (Å²) in [5.74, 6) is -0.859. The minimum atomic E-state index is -1.09. The second-order valence-electron chi connectivity index (χ2n) is 4.18. The summed E-state index contributed by atoms with van der Waals surface area (Å²) in [7, 11) is 1.54. The Bertz CT molecular complexity index is 529. The molecule has 0 spiro atoms. The van der Waals surface area contributed by atoms with Crippen LogP contribution in [0.4, 0.5) is 0 Å². The number of primary amides is 1. The molecule has 1 aromatic rings. The molecule has 0 aromatic heterocycles. The molecule has 0 unspecified atom stereocenters. The second-order valence-corrected chi connectivity index (χ2v) is 4.18. The molecule has 0 aliphatic rings. The zero-order chi connectivity index (χ0) is 15.7. The average molecular weight is 293 g/mol. The molecule has 0 atom stereocenters. The highest BCUT2D eigenvalue weighted by Gasteiger charge is 2.07. The first kappa shape index (κ1) is 16.5. The number of carbonyl (C=O) groups is 2. The monoisotopic (exact) mass is 293 g/mol. The van der Waals surface area contributed by atoms with Crippen LogP contribution in [0, 0.1) is 0 Å². The molecular formula is C14H19N3O4. The maximum Gasteiger partial charge on any atom is 0.329 e. The summed E-state index contributed by atoms with van der Waals surface area (Å²) in [5, 5.41) is 3.62. The zero-order valence-electron chi connectivity index (χ0n) is 12.1. The Morgan fingerprint density at radius 1 is 1.38 bits per heavy atom. The van der Waals surface area contributed by atoms with E-state index in [-0.39, 0.29) is 0 Å². The van der Waals surface area contributed by atoms with Gasteiger partial charge in [-0.05, 0) is 30.2 Å². The molecule has 0 saturated carbocycles. The Hall–Kier alpha value is -2.57. The maximum atomic E-state index is 10.9. The lowest BCUT2D eigenvalue weighted by Gasteiger charge is -2.10. The van der Waals surface area contributed by atoms with Crippen molar-refractivity contribution in [3.63, 3.8) is 0 Å². The predicted molar refractivity (Wildman–Crippen MR) is 78.3 cm³/mol. The van der Waals surface area contributed by atoms with Crippen molar-refractivity contribution in [2.75, 3.05) is 13.7 Å². The van der Waals surface area contributed by atoms with Crippen molar-refractivity contribution in [3.05, 3.63) is 23.8 Å². The van der Waals surface area contributed by atoms with Gasteiger partial charge in [-0.25, -0.2) is 5.43 Å². The number of hydrogen-bond acceptors (Lipinski definition) is 5. The van der Waals surface area contributed by atoms with Crippen LogP contribution < -0.4 is 20.6 Å². The minimum Gasteiger partial charge on any atom is -0.493 e. The van der Waals surface area contributed by atoms with Crippen LogP contribution in [0.2, 0.25) is 0 Å².